The van der Waals surface area contributed by atoms with Crippen LogP contribution in [-0.2, 0) is 0 Å². The first-order valence-electron chi connectivity index (χ1n) is 4.76. The maximum Gasteiger partial charge on any atom is -0.0133 e. The molecule has 0 aliphatic heterocycles. The molecule has 0 heteroatoms. The summed E-state index contributed by atoms with van der Waals surface area (Å²) < 4.78 is 0. The van der Waals surface area contributed by atoms with Gasteiger partial charge in [-0.3, -0.25) is 0 Å². The zero-order valence-corrected chi connectivity index (χ0v) is 9.36. The molecule has 0 spiro atoms. The fourth-order valence-electron chi connectivity index (χ4n) is 1.39. The minimum atomic E-state index is 0.284. The molecule has 0 aromatic heterocycles. The second-order valence-corrected chi connectivity index (χ2v) is 4.30. The van der Waals surface area contributed by atoms with Crippen LogP contribution in [0.3, 0.4) is 0 Å². The molecule has 0 aliphatic rings. The van der Waals surface area contributed by atoms with E-state index in [-0.39, 0.29) is 5.41 Å². The SMILES string of the molecule is C/C=C/C(=C(\C)CC)C(C)(C)C. The fraction of sp³-hybridized carbons (Fsp3) is 0.667. The van der Waals surface area contributed by atoms with Crippen LogP contribution in [0.15, 0.2) is 23.3 Å². The van der Waals surface area contributed by atoms with E-state index in [0.29, 0.717) is 0 Å². The second-order valence-electron chi connectivity index (χ2n) is 4.30. The van der Waals surface area contributed by atoms with Gasteiger partial charge in [0.2, 0.25) is 0 Å². The predicted molar refractivity (Wildman–Crippen MR) is 57.3 cm³/mol. The van der Waals surface area contributed by atoms with Crippen LogP contribution in [0.2, 0.25) is 0 Å². The van der Waals surface area contributed by atoms with E-state index in [1.165, 1.54) is 11.1 Å². The van der Waals surface area contributed by atoms with E-state index < -0.39 is 0 Å². The van der Waals surface area contributed by atoms with E-state index in [1.54, 1.807) is 0 Å². The molecule has 0 rings (SSSR count). The highest BCUT2D eigenvalue weighted by Gasteiger charge is 2.15. The molecular weight excluding hydrogens is 144 g/mol. The number of allylic oxidation sites excluding steroid dienone is 4. The van der Waals surface area contributed by atoms with Crippen molar-refractivity contribution in [2.75, 3.05) is 0 Å². The van der Waals surface area contributed by atoms with Crippen LogP contribution < -0.4 is 0 Å². The first-order chi connectivity index (χ1) is 5.43. The molecule has 0 aliphatic carbocycles. The third-order valence-electron chi connectivity index (χ3n) is 2.13. The van der Waals surface area contributed by atoms with Crippen molar-refractivity contribution in [2.24, 2.45) is 5.41 Å². The first-order valence-corrected chi connectivity index (χ1v) is 4.76. The molecule has 0 heterocycles. The van der Waals surface area contributed by atoms with Gasteiger partial charge in [-0.15, -0.1) is 0 Å². The molecule has 0 N–H and O–H groups in total. The Morgan fingerprint density at radius 3 is 2.00 bits per heavy atom. The average Bonchev–Trinajstić information content (AvgIpc) is 1.96. The second kappa shape index (κ2) is 4.49. The molecule has 0 unspecified atom stereocenters. The molecule has 0 nitrogen and oxygen atoms in total. The van der Waals surface area contributed by atoms with Crippen LogP contribution in [0.5, 0.6) is 0 Å². The van der Waals surface area contributed by atoms with Crippen molar-refractivity contribution in [2.45, 2.75) is 48.0 Å². The predicted octanol–water partition coefficient (Wildman–Crippen LogP) is 4.34. The molecular formula is C12H22. The van der Waals surface area contributed by atoms with Crippen molar-refractivity contribution in [3.8, 4) is 0 Å². The summed E-state index contributed by atoms with van der Waals surface area (Å²) in [6.07, 6.45) is 5.51. The lowest BCUT2D eigenvalue weighted by atomic mass is 9.83. The lowest BCUT2D eigenvalue weighted by Gasteiger charge is -2.23. The van der Waals surface area contributed by atoms with Crippen molar-refractivity contribution in [1.82, 2.24) is 0 Å². The monoisotopic (exact) mass is 166 g/mol. The molecule has 0 radical (unpaired) electrons. The van der Waals surface area contributed by atoms with E-state index in [1.807, 2.05) is 0 Å². The van der Waals surface area contributed by atoms with Crippen molar-refractivity contribution >= 4 is 0 Å². The van der Waals surface area contributed by atoms with Crippen LogP contribution >= 0.6 is 0 Å². The summed E-state index contributed by atoms with van der Waals surface area (Å²) in [6.45, 7) is 13.3. The molecule has 0 aromatic rings. The lowest BCUT2D eigenvalue weighted by Crippen LogP contribution is -2.09. The van der Waals surface area contributed by atoms with Gasteiger partial charge in [0, 0.05) is 0 Å². The molecule has 0 aromatic carbocycles. The van der Waals surface area contributed by atoms with Gasteiger partial charge in [0.25, 0.3) is 0 Å². The summed E-state index contributed by atoms with van der Waals surface area (Å²) in [5, 5.41) is 0. The zero-order chi connectivity index (χ0) is 9.78. The Morgan fingerprint density at radius 2 is 1.75 bits per heavy atom. The highest BCUT2D eigenvalue weighted by molar-refractivity contribution is 5.29. The van der Waals surface area contributed by atoms with Crippen molar-refractivity contribution < 1.29 is 0 Å². The zero-order valence-electron chi connectivity index (χ0n) is 9.36. The van der Waals surface area contributed by atoms with Crippen molar-refractivity contribution in [1.29, 1.82) is 0 Å². The van der Waals surface area contributed by atoms with Gasteiger partial charge in [0.1, 0.15) is 0 Å². The molecule has 0 saturated carbocycles. The lowest BCUT2D eigenvalue weighted by molar-refractivity contribution is 0.510. The molecule has 12 heavy (non-hydrogen) atoms. The summed E-state index contributed by atoms with van der Waals surface area (Å²) in [7, 11) is 0. The van der Waals surface area contributed by atoms with Gasteiger partial charge >= 0.3 is 0 Å². The standard InChI is InChI=1S/C12H22/c1-7-9-11(10(3)8-2)12(4,5)6/h7,9H,8H2,1-6H3/b9-7+,11-10-. The number of hydrogen-bond acceptors (Lipinski definition) is 0. The first kappa shape index (κ1) is 11.5. The van der Waals surface area contributed by atoms with Crippen molar-refractivity contribution in [3.05, 3.63) is 23.3 Å². The van der Waals surface area contributed by atoms with E-state index in [4.69, 9.17) is 0 Å². The average molecular weight is 166 g/mol. The quantitative estimate of drug-likeness (QED) is 0.535. The van der Waals surface area contributed by atoms with Crippen LogP contribution in [0.1, 0.15) is 48.0 Å². The van der Waals surface area contributed by atoms with Crippen LogP contribution in [0, 0.1) is 5.41 Å². The Bertz CT molecular complexity index is 187. The Morgan fingerprint density at radius 1 is 1.25 bits per heavy atom. The van der Waals surface area contributed by atoms with Crippen LogP contribution in [0.4, 0.5) is 0 Å². The van der Waals surface area contributed by atoms with E-state index in [0.717, 1.165) is 6.42 Å². The number of rotatable bonds is 2. The molecule has 0 saturated heterocycles. The Kier molecular flexibility index (Phi) is 4.30. The highest BCUT2D eigenvalue weighted by Crippen LogP contribution is 2.29. The largest absolute Gasteiger partial charge is 0.0874 e. The summed E-state index contributed by atoms with van der Waals surface area (Å²) in [5.74, 6) is 0. The third kappa shape index (κ3) is 3.25. The molecule has 0 atom stereocenters. The maximum absolute atomic E-state index is 2.27. The molecule has 0 bridgehead atoms. The van der Waals surface area contributed by atoms with Crippen LogP contribution in [0.25, 0.3) is 0 Å². The minimum absolute atomic E-state index is 0.284. The molecule has 70 valence electrons. The third-order valence-corrected chi connectivity index (χ3v) is 2.13. The summed E-state index contributed by atoms with van der Waals surface area (Å²) >= 11 is 0. The highest BCUT2D eigenvalue weighted by atomic mass is 14.2. The van der Waals surface area contributed by atoms with Gasteiger partial charge in [0.15, 0.2) is 0 Å². The Hall–Kier alpha value is -0.520. The summed E-state index contributed by atoms with van der Waals surface area (Å²) in [5.41, 5.74) is 3.26. The number of hydrogen-bond donors (Lipinski definition) is 0. The topological polar surface area (TPSA) is 0 Å². The van der Waals surface area contributed by atoms with Crippen LogP contribution in [-0.4, -0.2) is 0 Å². The maximum atomic E-state index is 2.27. The fourth-order valence-corrected chi connectivity index (χ4v) is 1.39. The minimum Gasteiger partial charge on any atom is -0.0874 e. The molecule has 0 amide bonds. The van der Waals surface area contributed by atoms with E-state index in [9.17, 15) is 0 Å². The van der Waals surface area contributed by atoms with Gasteiger partial charge in [-0.2, -0.15) is 0 Å². The smallest absolute Gasteiger partial charge is 0.0133 e. The Balaban J connectivity index is 4.92. The van der Waals surface area contributed by atoms with Gasteiger partial charge in [-0.1, -0.05) is 45.4 Å². The van der Waals surface area contributed by atoms with E-state index in [2.05, 4.69) is 53.7 Å². The van der Waals surface area contributed by atoms with Gasteiger partial charge in [0.05, 0.1) is 0 Å². The normalized spacial score (nSPS) is 15.2. The Labute approximate surface area is 77.4 Å². The van der Waals surface area contributed by atoms with Gasteiger partial charge in [-0.25, -0.2) is 0 Å². The van der Waals surface area contributed by atoms with E-state index >= 15 is 0 Å². The summed E-state index contributed by atoms with van der Waals surface area (Å²) in [6, 6.07) is 0. The van der Waals surface area contributed by atoms with Crippen molar-refractivity contribution in [3.63, 3.8) is 0 Å². The van der Waals surface area contributed by atoms with Gasteiger partial charge < -0.3 is 0 Å². The van der Waals surface area contributed by atoms with Gasteiger partial charge in [-0.05, 0) is 31.3 Å². The summed E-state index contributed by atoms with van der Waals surface area (Å²) in [4.78, 5) is 0. The molecule has 0 fully saturated rings.